The van der Waals surface area contributed by atoms with Crippen molar-refractivity contribution in [2.75, 3.05) is 18.6 Å². The maximum absolute atomic E-state index is 11.4. The van der Waals surface area contributed by atoms with Crippen molar-refractivity contribution in [3.05, 3.63) is 5.51 Å². The smallest absolute Gasteiger partial charge is 0.328 e. The first kappa shape index (κ1) is 9.39. The van der Waals surface area contributed by atoms with Gasteiger partial charge in [0.2, 0.25) is 5.13 Å². The summed E-state index contributed by atoms with van der Waals surface area (Å²) in [6.45, 7) is 0.856. The summed E-state index contributed by atoms with van der Waals surface area (Å²) in [6.07, 6.45) is 1.84. The van der Waals surface area contributed by atoms with Crippen molar-refractivity contribution in [1.29, 1.82) is 0 Å². The van der Waals surface area contributed by atoms with E-state index >= 15 is 0 Å². The zero-order chi connectivity index (χ0) is 9.97. The van der Waals surface area contributed by atoms with Crippen molar-refractivity contribution in [3.63, 3.8) is 0 Å². The van der Waals surface area contributed by atoms with E-state index in [1.165, 1.54) is 18.4 Å². The first-order valence-corrected chi connectivity index (χ1v) is 5.31. The quantitative estimate of drug-likeness (QED) is 0.676. The van der Waals surface area contributed by atoms with Crippen molar-refractivity contribution in [1.82, 2.24) is 10.2 Å². The van der Waals surface area contributed by atoms with Gasteiger partial charge in [-0.15, -0.1) is 10.2 Å². The van der Waals surface area contributed by atoms with Crippen LogP contribution in [0.1, 0.15) is 12.8 Å². The molecule has 6 heteroatoms. The molecule has 0 radical (unpaired) electrons. The lowest BCUT2D eigenvalue weighted by Crippen LogP contribution is -2.36. The number of hydrogen-bond donors (Lipinski definition) is 0. The summed E-state index contributed by atoms with van der Waals surface area (Å²) in [4.78, 5) is 13.4. The van der Waals surface area contributed by atoms with Gasteiger partial charge >= 0.3 is 5.97 Å². The summed E-state index contributed by atoms with van der Waals surface area (Å²) >= 11 is 1.45. The lowest BCUT2D eigenvalue weighted by Gasteiger charge is -2.20. The molecule has 1 fully saturated rings. The molecule has 1 aromatic rings. The lowest BCUT2D eigenvalue weighted by atomic mass is 10.2. The summed E-state index contributed by atoms with van der Waals surface area (Å²) in [7, 11) is 1.42. The van der Waals surface area contributed by atoms with Crippen LogP contribution in [0.5, 0.6) is 0 Å². The van der Waals surface area contributed by atoms with Crippen molar-refractivity contribution in [3.8, 4) is 0 Å². The minimum absolute atomic E-state index is 0.173. The maximum Gasteiger partial charge on any atom is 0.328 e. The van der Waals surface area contributed by atoms with Crippen LogP contribution in [0.15, 0.2) is 5.51 Å². The number of carbonyl (C=O) groups excluding carboxylic acids is 1. The standard InChI is InChI=1S/C8H11N3O2S/c1-13-7(12)6-3-2-4-11(6)8-10-9-5-14-8/h5-6H,2-4H2,1H3. The van der Waals surface area contributed by atoms with E-state index in [4.69, 9.17) is 4.74 Å². The van der Waals surface area contributed by atoms with Crippen LogP contribution in [0, 0.1) is 0 Å². The molecule has 2 rings (SSSR count). The fraction of sp³-hybridized carbons (Fsp3) is 0.625. The number of esters is 1. The molecule has 1 aliphatic rings. The van der Waals surface area contributed by atoms with E-state index in [2.05, 4.69) is 10.2 Å². The van der Waals surface area contributed by atoms with E-state index in [1.807, 2.05) is 4.90 Å². The van der Waals surface area contributed by atoms with Gasteiger partial charge in [-0.25, -0.2) is 4.79 Å². The second-order valence-electron chi connectivity index (χ2n) is 3.10. The fourth-order valence-electron chi connectivity index (χ4n) is 1.67. The van der Waals surface area contributed by atoms with E-state index in [-0.39, 0.29) is 12.0 Å². The van der Waals surface area contributed by atoms with Crippen LogP contribution < -0.4 is 4.90 Å². The summed E-state index contributed by atoms with van der Waals surface area (Å²) in [5.41, 5.74) is 1.67. The molecule has 0 saturated carbocycles. The van der Waals surface area contributed by atoms with Gasteiger partial charge in [-0.3, -0.25) is 0 Å². The minimum Gasteiger partial charge on any atom is -0.467 e. The molecule has 1 saturated heterocycles. The van der Waals surface area contributed by atoms with Gasteiger partial charge in [-0.05, 0) is 12.8 Å². The molecule has 14 heavy (non-hydrogen) atoms. The first-order valence-electron chi connectivity index (χ1n) is 4.43. The number of nitrogens with zero attached hydrogens (tertiary/aromatic N) is 3. The highest BCUT2D eigenvalue weighted by Crippen LogP contribution is 2.26. The molecule has 0 aromatic carbocycles. The highest BCUT2D eigenvalue weighted by Gasteiger charge is 2.33. The second kappa shape index (κ2) is 3.91. The molecule has 0 aliphatic carbocycles. The number of aromatic nitrogens is 2. The van der Waals surface area contributed by atoms with Crippen LogP contribution in [-0.2, 0) is 9.53 Å². The second-order valence-corrected chi connectivity index (χ2v) is 3.91. The molecular weight excluding hydrogens is 202 g/mol. The molecule has 1 unspecified atom stereocenters. The molecule has 76 valence electrons. The SMILES string of the molecule is COC(=O)C1CCCN1c1nncs1. The third-order valence-electron chi connectivity index (χ3n) is 2.32. The molecule has 0 amide bonds. The van der Waals surface area contributed by atoms with Crippen LogP contribution in [0.4, 0.5) is 5.13 Å². The Labute approximate surface area is 85.7 Å². The Bertz CT molecular complexity index is 314. The van der Waals surface area contributed by atoms with Gasteiger partial charge < -0.3 is 9.64 Å². The van der Waals surface area contributed by atoms with Gasteiger partial charge in [-0.1, -0.05) is 11.3 Å². The van der Waals surface area contributed by atoms with E-state index in [1.54, 1.807) is 5.51 Å². The molecule has 1 aliphatic heterocycles. The van der Waals surface area contributed by atoms with Crippen molar-refractivity contribution in [2.45, 2.75) is 18.9 Å². The molecular formula is C8H11N3O2S. The fourth-order valence-corrected chi connectivity index (χ4v) is 2.31. The van der Waals surface area contributed by atoms with E-state index in [0.717, 1.165) is 24.5 Å². The van der Waals surface area contributed by atoms with Crippen LogP contribution in [0.3, 0.4) is 0 Å². The molecule has 0 N–H and O–H groups in total. The normalized spacial score (nSPS) is 21.2. The first-order chi connectivity index (χ1) is 6.83. The molecule has 0 bridgehead atoms. The third-order valence-corrected chi connectivity index (χ3v) is 3.05. The summed E-state index contributed by atoms with van der Waals surface area (Å²) < 4.78 is 4.74. The van der Waals surface area contributed by atoms with Crippen molar-refractivity contribution >= 4 is 22.4 Å². The van der Waals surface area contributed by atoms with Gasteiger partial charge in [0, 0.05) is 6.54 Å². The largest absolute Gasteiger partial charge is 0.467 e. The number of methoxy groups -OCH3 is 1. The van der Waals surface area contributed by atoms with Gasteiger partial charge in [-0.2, -0.15) is 0 Å². The van der Waals surface area contributed by atoms with Gasteiger partial charge in [0.25, 0.3) is 0 Å². The summed E-state index contributed by atoms with van der Waals surface area (Å²) in [5.74, 6) is -0.183. The van der Waals surface area contributed by atoms with Gasteiger partial charge in [0.1, 0.15) is 11.6 Å². The maximum atomic E-state index is 11.4. The molecule has 0 spiro atoms. The van der Waals surface area contributed by atoms with Crippen LogP contribution in [-0.4, -0.2) is 35.9 Å². The van der Waals surface area contributed by atoms with Crippen molar-refractivity contribution < 1.29 is 9.53 Å². The van der Waals surface area contributed by atoms with E-state index in [0.29, 0.717) is 0 Å². The van der Waals surface area contributed by atoms with Crippen LogP contribution in [0.2, 0.25) is 0 Å². The highest BCUT2D eigenvalue weighted by molar-refractivity contribution is 7.13. The Hall–Kier alpha value is -1.17. The number of carbonyl (C=O) groups is 1. The lowest BCUT2D eigenvalue weighted by molar-refractivity contribution is -0.141. The average molecular weight is 213 g/mol. The highest BCUT2D eigenvalue weighted by atomic mass is 32.1. The summed E-state index contributed by atoms with van der Waals surface area (Å²) in [5, 5.41) is 8.52. The minimum atomic E-state index is -0.183. The molecule has 1 atom stereocenters. The van der Waals surface area contributed by atoms with Crippen molar-refractivity contribution in [2.24, 2.45) is 0 Å². The Balaban J connectivity index is 2.15. The number of hydrogen-bond acceptors (Lipinski definition) is 6. The van der Waals surface area contributed by atoms with Crippen LogP contribution in [0.25, 0.3) is 0 Å². The van der Waals surface area contributed by atoms with E-state index in [9.17, 15) is 4.79 Å². The Morgan fingerprint density at radius 1 is 1.79 bits per heavy atom. The number of anilines is 1. The Kier molecular flexibility index (Phi) is 2.62. The number of rotatable bonds is 2. The molecule has 5 nitrogen and oxygen atoms in total. The topological polar surface area (TPSA) is 55.3 Å². The van der Waals surface area contributed by atoms with Crippen LogP contribution >= 0.6 is 11.3 Å². The van der Waals surface area contributed by atoms with Gasteiger partial charge in [0.05, 0.1) is 7.11 Å². The zero-order valence-corrected chi connectivity index (χ0v) is 8.66. The predicted octanol–water partition coefficient (Wildman–Crippen LogP) is 0.680. The zero-order valence-electron chi connectivity index (χ0n) is 7.84. The molecule has 1 aromatic heterocycles. The molecule has 2 heterocycles. The van der Waals surface area contributed by atoms with Gasteiger partial charge in [0.15, 0.2) is 0 Å². The average Bonchev–Trinajstić information content (AvgIpc) is 2.85. The monoisotopic (exact) mass is 213 g/mol. The number of ether oxygens (including phenoxy) is 1. The van der Waals surface area contributed by atoms with E-state index < -0.39 is 0 Å². The predicted molar refractivity (Wildman–Crippen MR) is 52.3 cm³/mol. The summed E-state index contributed by atoms with van der Waals surface area (Å²) in [6, 6.07) is -0.173. The Morgan fingerprint density at radius 3 is 3.29 bits per heavy atom. The third kappa shape index (κ3) is 1.57. The Morgan fingerprint density at radius 2 is 2.64 bits per heavy atom.